The lowest BCUT2D eigenvalue weighted by Gasteiger charge is -2.32. The fourth-order valence-corrected chi connectivity index (χ4v) is 9.83. The summed E-state index contributed by atoms with van der Waals surface area (Å²) in [7, 11) is 0. The minimum absolute atomic E-state index is 0.127. The SMILES string of the molecule is c1ccc(N2B(c3ccc4ccc5c(B6N(c7ccccc7)c7ccccc7N6c6ccccc6)ccc6ccc3c4c65)N(c3ccccc3)c3ccccc32)cc1. The molecule has 0 N–H and O–H groups in total. The van der Waals surface area contributed by atoms with Crippen molar-refractivity contribution in [2.24, 2.45) is 0 Å². The average Bonchev–Trinajstić information content (AvgIpc) is 3.83. The van der Waals surface area contributed by atoms with E-state index >= 15 is 0 Å². The molecule has 2 aliphatic rings. The summed E-state index contributed by atoms with van der Waals surface area (Å²) < 4.78 is 0. The van der Waals surface area contributed by atoms with Gasteiger partial charge in [-0.15, -0.1) is 0 Å². The molecular weight excluding hydrogens is 702 g/mol. The zero-order valence-electron chi connectivity index (χ0n) is 31.7. The lowest BCUT2D eigenvalue weighted by atomic mass is 9.61. The zero-order chi connectivity index (χ0) is 38.2. The second-order valence-corrected chi connectivity index (χ2v) is 15.3. The van der Waals surface area contributed by atoms with Crippen molar-refractivity contribution in [1.29, 1.82) is 0 Å². The average molecular weight is 739 g/mol. The van der Waals surface area contributed by atoms with Crippen LogP contribution in [0.15, 0.2) is 218 Å². The number of fused-ring (bicyclic) bond motifs is 2. The van der Waals surface area contributed by atoms with Crippen LogP contribution < -0.4 is 30.2 Å². The van der Waals surface area contributed by atoms with Gasteiger partial charge < -0.3 is 19.2 Å². The first kappa shape index (κ1) is 32.8. The van der Waals surface area contributed by atoms with Gasteiger partial charge in [0.15, 0.2) is 0 Å². The summed E-state index contributed by atoms with van der Waals surface area (Å²) in [6.45, 7) is -0.254. The van der Waals surface area contributed by atoms with Gasteiger partial charge in [-0.05, 0) is 116 Å². The molecule has 10 aromatic carbocycles. The van der Waals surface area contributed by atoms with Gasteiger partial charge in [-0.2, -0.15) is 0 Å². The van der Waals surface area contributed by atoms with Crippen molar-refractivity contribution in [2.45, 2.75) is 0 Å². The van der Waals surface area contributed by atoms with Gasteiger partial charge in [-0.1, -0.05) is 146 Å². The predicted octanol–water partition coefficient (Wildman–Crippen LogP) is 12.0. The standard InChI is InChI=1S/C52H36B2N4/c1-5-17-39(18-6-1)55-47-25-13-14-26-48(47)56(40-19-7-2-8-20-40)53(55)45-35-31-37-30-34-44-46(36-32-38-29-33-43(45)51(37)52(38)44)54-57(41-21-9-3-10-22-41)49-27-15-16-28-50(49)58(54)42-23-11-4-12-24-42/h1-36H. The molecule has 10 aromatic rings. The molecule has 0 aliphatic carbocycles. The number of hydrogen-bond donors (Lipinski definition) is 0. The van der Waals surface area contributed by atoms with Gasteiger partial charge in [0.05, 0.1) is 22.7 Å². The van der Waals surface area contributed by atoms with E-state index in [1.807, 2.05) is 0 Å². The third kappa shape index (κ3) is 4.85. The normalized spacial score (nSPS) is 13.7. The Bertz CT molecular complexity index is 2760. The first-order valence-corrected chi connectivity index (χ1v) is 20.1. The second kappa shape index (κ2) is 13.1. The smallest absolute Gasteiger partial charge is 0.360 e. The van der Waals surface area contributed by atoms with Crippen LogP contribution in [-0.2, 0) is 0 Å². The van der Waals surface area contributed by atoms with Crippen molar-refractivity contribution < 1.29 is 0 Å². The first-order chi connectivity index (χ1) is 28.8. The van der Waals surface area contributed by atoms with Gasteiger partial charge in [0.1, 0.15) is 0 Å². The van der Waals surface area contributed by atoms with Gasteiger partial charge in [0.2, 0.25) is 0 Å². The monoisotopic (exact) mass is 738 g/mol. The first-order valence-electron chi connectivity index (χ1n) is 20.1. The molecule has 270 valence electrons. The lowest BCUT2D eigenvalue weighted by Crippen LogP contribution is -2.53. The molecule has 0 bridgehead atoms. The number of benzene rings is 10. The molecule has 0 amide bonds. The molecule has 0 saturated heterocycles. The zero-order valence-corrected chi connectivity index (χ0v) is 31.7. The van der Waals surface area contributed by atoms with E-state index in [0.717, 1.165) is 22.7 Å². The Morgan fingerprint density at radius 3 is 0.793 bits per heavy atom. The predicted molar refractivity (Wildman–Crippen MR) is 248 cm³/mol. The third-order valence-electron chi connectivity index (χ3n) is 12.2. The maximum absolute atomic E-state index is 2.52. The van der Waals surface area contributed by atoms with Crippen LogP contribution >= 0.6 is 0 Å². The van der Waals surface area contributed by atoms with Crippen LogP contribution in [0.3, 0.4) is 0 Å². The highest BCUT2D eigenvalue weighted by atomic mass is 15.3. The quantitative estimate of drug-likeness (QED) is 0.124. The highest BCUT2D eigenvalue weighted by molar-refractivity contribution is 6.87. The van der Waals surface area contributed by atoms with E-state index in [-0.39, 0.29) is 14.0 Å². The van der Waals surface area contributed by atoms with Crippen LogP contribution in [0.4, 0.5) is 45.5 Å². The summed E-state index contributed by atoms with van der Waals surface area (Å²) in [5.41, 5.74) is 11.9. The minimum atomic E-state index is -0.127. The van der Waals surface area contributed by atoms with Crippen molar-refractivity contribution >= 4 is 103 Å². The summed E-state index contributed by atoms with van der Waals surface area (Å²) in [6.07, 6.45) is 0. The summed E-state index contributed by atoms with van der Waals surface area (Å²) in [6, 6.07) is 79.9. The largest absolute Gasteiger partial charge is 0.421 e. The third-order valence-corrected chi connectivity index (χ3v) is 12.2. The van der Waals surface area contributed by atoms with Gasteiger partial charge in [0.25, 0.3) is 0 Å². The van der Waals surface area contributed by atoms with E-state index in [2.05, 4.69) is 238 Å². The molecule has 0 fully saturated rings. The van der Waals surface area contributed by atoms with Crippen molar-refractivity contribution in [2.75, 3.05) is 19.2 Å². The van der Waals surface area contributed by atoms with Gasteiger partial charge in [-0.3, -0.25) is 0 Å². The lowest BCUT2D eigenvalue weighted by molar-refractivity contribution is 1.40. The Hall–Kier alpha value is -7.43. The number of hydrogen-bond acceptors (Lipinski definition) is 4. The number of nitrogens with zero attached hydrogens (tertiary/aromatic N) is 4. The molecule has 0 unspecified atom stereocenters. The molecule has 0 aromatic heterocycles. The van der Waals surface area contributed by atoms with Gasteiger partial charge in [0, 0.05) is 22.7 Å². The molecule has 2 aliphatic heterocycles. The van der Waals surface area contributed by atoms with Crippen molar-refractivity contribution in [3.05, 3.63) is 218 Å². The topological polar surface area (TPSA) is 13.0 Å². The van der Waals surface area contributed by atoms with Crippen LogP contribution in [0, 0.1) is 0 Å². The van der Waals surface area contributed by atoms with Crippen LogP contribution in [-0.4, -0.2) is 14.0 Å². The highest BCUT2D eigenvalue weighted by Gasteiger charge is 2.46. The Morgan fingerprint density at radius 1 is 0.241 bits per heavy atom. The summed E-state index contributed by atoms with van der Waals surface area (Å²) in [5, 5.41) is 7.63. The molecule has 6 heteroatoms. The van der Waals surface area contributed by atoms with Gasteiger partial charge >= 0.3 is 14.0 Å². The molecular formula is C52H36B2N4. The minimum Gasteiger partial charge on any atom is -0.360 e. The van der Waals surface area contributed by atoms with Crippen molar-refractivity contribution in [3.8, 4) is 0 Å². The van der Waals surface area contributed by atoms with Crippen molar-refractivity contribution in [3.63, 3.8) is 0 Å². The second-order valence-electron chi connectivity index (χ2n) is 15.3. The Balaban J connectivity index is 1.12. The summed E-state index contributed by atoms with van der Waals surface area (Å²) in [4.78, 5) is 10.1. The molecule has 0 spiro atoms. The Labute approximate surface area is 339 Å². The maximum atomic E-state index is 2.52. The van der Waals surface area contributed by atoms with E-state index in [9.17, 15) is 0 Å². The molecule has 4 nitrogen and oxygen atoms in total. The molecule has 0 radical (unpaired) electrons. The Kier molecular flexibility index (Phi) is 7.39. The highest BCUT2D eigenvalue weighted by Crippen LogP contribution is 2.49. The molecule has 58 heavy (non-hydrogen) atoms. The van der Waals surface area contributed by atoms with E-state index in [1.165, 1.54) is 66.0 Å². The van der Waals surface area contributed by atoms with Crippen molar-refractivity contribution in [1.82, 2.24) is 0 Å². The van der Waals surface area contributed by atoms with E-state index in [0.29, 0.717) is 0 Å². The van der Waals surface area contributed by atoms with Crippen LogP contribution in [0.1, 0.15) is 0 Å². The molecule has 2 heterocycles. The number of rotatable bonds is 6. The fraction of sp³-hybridized carbons (Fsp3) is 0. The van der Waals surface area contributed by atoms with Crippen LogP contribution in [0.25, 0.3) is 32.3 Å². The van der Waals surface area contributed by atoms with Crippen LogP contribution in [0.2, 0.25) is 0 Å². The van der Waals surface area contributed by atoms with E-state index in [4.69, 9.17) is 0 Å². The fourth-order valence-electron chi connectivity index (χ4n) is 9.83. The summed E-state index contributed by atoms with van der Waals surface area (Å²) in [5.74, 6) is 0. The number of para-hydroxylation sites is 8. The maximum Gasteiger partial charge on any atom is 0.421 e. The Morgan fingerprint density at radius 2 is 0.500 bits per heavy atom. The molecule has 12 rings (SSSR count). The number of anilines is 8. The van der Waals surface area contributed by atoms with E-state index in [1.54, 1.807) is 0 Å². The molecule has 0 saturated carbocycles. The molecule has 0 atom stereocenters. The van der Waals surface area contributed by atoms with E-state index < -0.39 is 0 Å². The van der Waals surface area contributed by atoms with Gasteiger partial charge in [-0.25, -0.2) is 0 Å². The van der Waals surface area contributed by atoms with Crippen LogP contribution in [0.5, 0.6) is 0 Å². The summed E-state index contributed by atoms with van der Waals surface area (Å²) >= 11 is 0.